The van der Waals surface area contributed by atoms with Crippen LogP contribution in [-0.4, -0.2) is 17.6 Å². The van der Waals surface area contributed by atoms with Crippen LogP contribution in [0.5, 0.6) is 0 Å². The largest absolute Gasteiger partial charge is 0.462 e. The first-order valence-electron chi connectivity index (χ1n) is 8.21. The molecular weight excluding hydrogens is 314 g/mol. The summed E-state index contributed by atoms with van der Waals surface area (Å²) in [6.07, 6.45) is 0.449. The number of carbonyl (C=O) groups excluding carboxylic acids is 1. The molecule has 0 radical (unpaired) electrons. The Morgan fingerprint density at radius 3 is 2.28 bits per heavy atom. The Bertz CT molecular complexity index is 915. The Morgan fingerprint density at radius 1 is 1.00 bits per heavy atom. The van der Waals surface area contributed by atoms with Gasteiger partial charge in [0.2, 0.25) is 5.56 Å². The maximum atomic E-state index is 12.6. The van der Waals surface area contributed by atoms with E-state index in [0.29, 0.717) is 23.2 Å². The Morgan fingerprint density at radius 2 is 1.64 bits per heavy atom. The van der Waals surface area contributed by atoms with Crippen LogP contribution < -0.4 is 5.56 Å². The predicted octanol–water partition coefficient (Wildman–Crippen LogP) is 3.81. The van der Waals surface area contributed by atoms with Gasteiger partial charge in [0.05, 0.1) is 12.2 Å². The van der Waals surface area contributed by atoms with Gasteiger partial charge in [-0.3, -0.25) is 4.79 Å². The molecule has 0 amide bonds. The molecular formula is C21H19NO3. The molecule has 4 nitrogen and oxygen atoms in total. The van der Waals surface area contributed by atoms with Crippen LogP contribution in [0.25, 0.3) is 11.1 Å². The number of carbonyl (C=O) groups is 1. The van der Waals surface area contributed by atoms with Gasteiger partial charge in [0.25, 0.3) is 0 Å². The maximum absolute atomic E-state index is 12.6. The molecule has 1 heterocycles. The van der Waals surface area contributed by atoms with Crippen molar-refractivity contribution in [1.29, 1.82) is 0 Å². The number of hydrogen-bond donors (Lipinski definition) is 1. The van der Waals surface area contributed by atoms with E-state index in [2.05, 4.69) is 4.98 Å². The zero-order valence-electron chi connectivity index (χ0n) is 14.0. The van der Waals surface area contributed by atoms with Crippen LogP contribution in [0.1, 0.15) is 28.5 Å². The molecule has 4 heteroatoms. The molecule has 3 aromatic rings. The highest BCUT2D eigenvalue weighted by Gasteiger charge is 2.20. The van der Waals surface area contributed by atoms with Crippen molar-refractivity contribution in [3.05, 3.63) is 93.9 Å². The number of esters is 1. The van der Waals surface area contributed by atoms with Crippen molar-refractivity contribution < 1.29 is 9.53 Å². The number of ether oxygens (including phenoxy) is 1. The molecule has 0 saturated heterocycles. The van der Waals surface area contributed by atoms with E-state index in [1.54, 1.807) is 6.92 Å². The number of hydrogen-bond acceptors (Lipinski definition) is 3. The third-order valence-corrected chi connectivity index (χ3v) is 3.91. The van der Waals surface area contributed by atoms with Gasteiger partial charge in [-0.2, -0.15) is 0 Å². The van der Waals surface area contributed by atoms with E-state index < -0.39 is 5.97 Å². The molecule has 0 aliphatic carbocycles. The van der Waals surface area contributed by atoms with Crippen LogP contribution in [-0.2, 0) is 11.2 Å². The minimum atomic E-state index is -0.427. The smallest absolute Gasteiger partial charge is 0.340 e. The zero-order valence-corrected chi connectivity index (χ0v) is 14.0. The van der Waals surface area contributed by atoms with Crippen LogP contribution in [0, 0.1) is 0 Å². The summed E-state index contributed by atoms with van der Waals surface area (Å²) in [5.74, 6) is -0.427. The quantitative estimate of drug-likeness (QED) is 0.722. The van der Waals surface area contributed by atoms with Crippen LogP contribution in [0.15, 0.2) is 71.5 Å². The van der Waals surface area contributed by atoms with Gasteiger partial charge in [-0.05, 0) is 18.1 Å². The van der Waals surface area contributed by atoms with Crippen LogP contribution >= 0.6 is 0 Å². The molecule has 3 rings (SSSR count). The Kier molecular flexibility index (Phi) is 5.09. The first-order valence-corrected chi connectivity index (χ1v) is 8.21. The van der Waals surface area contributed by atoms with Crippen LogP contribution in [0.3, 0.4) is 0 Å². The monoisotopic (exact) mass is 333 g/mol. The molecule has 0 fully saturated rings. The molecule has 0 atom stereocenters. The number of nitrogens with one attached hydrogen (secondary N) is 1. The lowest BCUT2D eigenvalue weighted by atomic mass is 9.96. The lowest BCUT2D eigenvalue weighted by molar-refractivity contribution is 0.0525. The van der Waals surface area contributed by atoms with E-state index in [1.165, 1.54) is 6.07 Å². The molecule has 126 valence electrons. The van der Waals surface area contributed by atoms with Gasteiger partial charge >= 0.3 is 5.97 Å². The first-order chi connectivity index (χ1) is 12.2. The number of aromatic amines is 1. The number of rotatable bonds is 5. The van der Waals surface area contributed by atoms with E-state index in [9.17, 15) is 9.59 Å². The fourth-order valence-corrected chi connectivity index (χ4v) is 2.83. The van der Waals surface area contributed by atoms with Crippen molar-refractivity contribution in [3.63, 3.8) is 0 Å². The van der Waals surface area contributed by atoms with E-state index >= 15 is 0 Å². The molecule has 0 bridgehead atoms. The van der Waals surface area contributed by atoms with Gasteiger partial charge in [0, 0.05) is 23.7 Å². The summed E-state index contributed by atoms with van der Waals surface area (Å²) in [5.41, 5.74) is 3.15. The standard InChI is InChI=1S/C21H19NO3/c1-2-25-21(24)20-17(16-11-7-4-8-12-16)14-19(23)22-18(20)13-15-9-5-3-6-10-15/h3-12,14H,2,13H2,1H3,(H,22,23). The van der Waals surface area contributed by atoms with Crippen LogP contribution in [0.2, 0.25) is 0 Å². The third kappa shape index (κ3) is 3.86. The molecule has 0 aliphatic rings. The highest BCUT2D eigenvalue weighted by molar-refractivity contribution is 5.98. The van der Waals surface area contributed by atoms with Gasteiger partial charge in [-0.1, -0.05) is 60.7 Å². The summed E-state index contributed by atoms with van der Waals surface area (Å²) in [7, 11) is 0. The highest BCUT2D eigenvalue weighted by atomic mass is 16.5. The molecule has 0 saturated carbocycles. The van der Waals surface area contributed by atoms with Crippen molar-refractivity contribution in [2.24, 2.45) is 0 Å². The molecule has 0 aliphatic heterocycles. The summed E-state index contributed by atoms with van der Waals surface area (Å²) >= 11 is 0. The molecule has 2 aromatic carbocycles. The van der Waals surface area contributed by atoms with Crippen molar-refractivity contribution >= 4 is 5.97 Å². The fourth-order valence-electron chi connectivity index (χ4n) is 2.83. The average molecular weight is 333 g/mol. The summed E-state index contributed by atoms with van der Waals surface area (Å²) in [5, 5.41) is 0. The molecule has 25 heavy (non-hydrogen) atoms. The minimum Gasteiger partial charge on any atom is -0.462 e. The average Bonchev–Trinajstić information content (AvgIpc) is 2.63. The number of aromatic nitrogens is 1. The van der Waals surface area contributed by atoms with Crippen molar-refractivity contribution in [2.75, 3.05) is 6.61 Å². The Hall–Kier alpha value is -3.14. The van der Waals surface area contributed by atoms with Crippen molar-refractivity contribution in [1.82, 2.24) is 4.98 Å². The number of pyridine rings is 1. The molecule has 1 N–H and O–H groups in total. The predicted molar refractivity (Wildman–Crippen MR) is 97.7 cm³/mol. The van der Waals surface area contributed by atoms with Gasteiger partial charge in [0.1, 0.15) is 0 Å². The number of benzene rings is 2. The second-order valence-corrected chi connectivity index (χ2v) is 5.65. The van der Waals surface area contributed by atoms with Crippen molar-refractivity contribution in [3.8, 4) is 11.1 Å². The third-order valence-electron chi connectivity index (χ3n) is 3.91. The summed E-state index contributed by atoms with van der Waals surface area (Å²) < 4.78 is 5.25. The Balaban J connectivity index is 2.18. The number of H-pyrrole nitrogens is 1. The second-order valence-electron chi connectivity index (χ2n) is 5.65. The minimum absolute atomic E-state index is 0.238. The van der Waals surface area contributed by atoms with Gasteiger partial charge < -0.3 is 9.72 Å². The molecule has 1 aromatic heterocycles. The summed E-state index contributed by atoms with van der Waals surface area (Å²) in [4.78, 5) is 27.6. The van der Waals surface area contributed by atoms with E-state index in [-0.39, 0.29) is 12.2 Å². The van der Waals surface area contributed by atoms with Crippen LogP contribution in [0.4, 0.5) is 0 Å². The first kappa shape index (κ1) is 16.7. The van der Waals surface area contributed by atoms with Gasteiger partial charge in [0.15, 0.2) is 0 Å². The van der Waals surface area contributed by atoms with E-state index in [0.717, 1.165) is 11.1 Å². The fraction of sp³-hybridized carbons (Fsp3) is 0.143. The van der Waals surface area contributed by atoms with Crippen molar-refractivity contribution in [2.45, 2.75) is 13.3 Å². The van der Waals surface area contributed by atoms with Gasteiger partial charge in [-0.25, -0.2) is 4.79 Å². The normalized spacial score (nSPS) is 10.4. The Labute approximate surface area is 146 Å². The van der Waals surface area contributed by atoms with E-state index in [1.807, 2.05) is 60.7 Å². The summed E-state index contributed by atoms with van der Waals surface area (Å²) in [6.45, 7) is 2.04. The lowest BCUT2D eigenvalue weighted by Gasteiger charge is -2.14. The topological polar surface area (TPSA) is 59.2 Å². The van der Waals surface area contributed by atoms with Gasteiger partial charge in [-0.15, -0.1) is 0 Å². The van der Waals surface area contributed by atoms with E-state index in [4.69, 9.17) is 4.74 Å². The maximum Gasteiger partial charge on any atom is 0.340 e. The lowest BCUT2D eigenvalue weighted by Crippen LogP contribution is -2.18. The molecule has 0 spiro atoms. The highest BCUT2D eigenvalue weighted by Crippen LogP contribution is 2.26. The summed E-state index contributed by atoms with van der Waals surface area (Å²) in [6, 6.07) is 20.6. The SMILES string of the molecule is CCOC(=O)c1c(-c2ccccc2)cc(=O)[nH]c1Cc1ccccc1. The second kappa shape index (κ2) is 7.62. The molecule has 0 unspecified atom stereocenters. The zero-order chi connectivity index (χ0) is 17.6.